The summed E-state index contributed by atoms with van der Waals surface area (Å²) in [5.74, 6) is -4.55. The van der Waals surface area contributed by atoms with E-state index in [0.29, 0.717) is 37.7 Å². The van der Waals surface area contributed by atoms with E-state index in [2.05, 4.69) is 10.6 Å². The van der Waals surface area contributed by atoms with Crippen LogP contribution in [0.15, 0.2) is 54.6 Å². The minimum absolute atomic E-state index is 0.0256. The van der Waals surface area contributed by atoms with Gasteiger partial charge >= 0.3 is 12.1 Å². The van der Waals surface area contributed by atoms with Crippen LogP contribution in [0.2, 0.25) is 0 Å². The number of carbonyl (C=O) groups is 7. The summed E-state index contributed by atoms with van der Waals surface area (Å²) in [6.45, 7) is 13.1. The lowest BCUT2D eigenvalue weighted by atomic mass is 9.97. The Morgan fingerprint density at radius 2 is 1.40 bits per heavy atom. The molecule has 4 rings (SSSR count). The molecule has 5 atom stereocenters. The van der Waals surface area contributed by atoms with E-state index >= 15 is 0 Å². The van der Waals surface area contributed by atoms with Crippen molar-refractivity contribution in [3.63, 3.8) is 0 Å². The van der Waals surface area contributed by atoms with Crippen LogP contribution in [-0.4, -0.2) is 107 Å². The normalized spacial score (nSPS) is 18.2. The molecule has 0 saturated carbocycles. The number of rotatable bonds is 15. The summed E-state index contributed by atoms with van der Waals surface area (Å²) in [5, 5.41) is 5.06. The van der Waals surface area contributed by atoms with Crippen molar-refractivity contribution in [2.75, 3.05) is 20.1 Å². The molecule has 6 amide bonds. The van der Waals surface area contributed by atoms with Crippen LogP contribution in [-0.2, 0) is 46.5 Å². The van der Waals surface area contributed by atoms with Gasteiger partial charge in [-0.1, -0.05) is 97.0 Å². The highest BCUT2D eigenvalue weighted by Crippen LogP contribution is 2.28. The maximum atomic E-state index is 14.4. The molecule has 57 heavy (non-hydrogen) atoms. The number of nitrogens with zero attached hydrogens (tertiary/aromatic N) is 3. The Labute approximate surface area is 336 Å². The molecule has 2 aliphatic rings. The molecule has 0 spiro atoms. The van der Waals surface area contributed by atoms with Crippen molar-refractivity contribution < 1.29 is 43.0 Å². The Morgan fingerprint density at radius 3 is 2.02 bits per heavy atom. The third-order valence-electron chi connectivity index (χ3n) is 10.7. The second kappa shape index (κ2) is 20.2. The van der Waals surface area contributed by atoms with E-state index in [1.165, 1.54) is 21.7 Å². The third-order valence-corrected chi connectivity index (χ3v) is 10.7. The van der Waals surface area contributed by atoms with Crippen LogP contribution in [0.4, 0.5) is 4.79 Å². The number of nitrogens with one attached hydrogen (secondary N) is 2. The first kappa shape index (κ1) is 44.4. The van der Waals surface area contributed by atoms with Crippen LogP contribution >= 0.6 is 0 Å². The van der Waals surface area contributed by atoms with Crippen LogP contribution in [0.3, 0.4) is 0 Å². The predicted octanol–water partition coefficient (Wildman–Crippen LogP) is 4.49. The van der Waals surface area contributed by atoms with E-state index in [9.17, 15) is 33.6 Å². The molecule has 14 nitrogen and oxygen atoms in total. The largest absolute Gasteiger partial charge is 0.450 e. The zero-order chi connectivity index (χ0) is 42.0. The maximum absolute atomic E-state index is 14.4. The fourth-order valence-corrected chi connectivity index (χ4v) is 7.58. The summed E-state index contributed by atoms with van der Waals surface area (Å²) >= 11 is 0. The van der Waals surface area contributed by atoms with Crippen LogP contribution in [0, 0.1) is 17.8 Å². The summed E-state index contributed by atoms with van der Waals surface area (Å²) in [4.78, 5) is 99.6. The van der Waals surface area contributed by atoms with Crippen molar-refractivity contribution in [2.24, 2.45) is 17.8 Å². The Morgan fingerprint density at radius 1 is 0.789 bits per heavy atom. The first-order valence-electron chi connectivity index (χ1n) is 20.1. The number of aryl methyl sites for hydroxylation is 1. The van der Waals surface area contributed by atoms with Gasteiger partial charge in [0.2, 0.25) is 17.7 Å². The number of likely N-dealkylation sites (tertiary alicyclic amines) is 2. The minimum atomic E-state index is -1.29. The Bertz CT molecular complexity index is 1760. The number of esters is 1. The van der Waals surface area contributed by atoms with Crippen LogP contribution in [0.5, 0.6) is 0 Å². The second-order valence-electron chi connectivity index (χ2n) is 15.9. The molecule has 2 heterocycles. The Hall–Kier alpha value is -5.27. The summed E-state index contributed by atoms with van der Waals surface area (Å²) in [6, 6.07) is 12.3. The number of imide groups is 1. The number of carbonyl (C=O) groups excluding carboxylic acids is 7. The van der Waals surface area contributed by atoms with Gasteiger partial charge in [0.25, 0.3) is 11.8 Å². The highest BCUT2D eigenvalue weighted by atomic mass is 16.6. The van der Waals surface area contributed by atoms with E-state index in [4.69, 9.17) is 9.47 Å². The molecule has 2 aromatic carbocycles. The molecule has 0 unspecified atom stereocenters. The van der Waals surface area contributed by atoms with Gasteiger partial charge in [0.05, 0.1) is 0 Å². The van der Waals surface area contributed by atoms with Crippen molar-refractivity contribution >= 4 is 41.6 Å². The zero-order valence-corrected chi connectivity index (χ0v) is 34.5. The van der Waals surface area contributed by atoms with Crippen molar-refractivity contribution in [3.05, 3.63) is 71.3 Å². The van der Waals surface area contributed by atoms with E-state index in [-0.39, 0.29) is 31.5 Å². The predicted molar refractivity (Wildman–Crippen MR) is 212 cm³/mol. The fourth-order valence-electron chi connectivity index (χ4n) is 7.58. The van der Waals surface area contributed by atoms with Crippen LogP contribution < -0.4 is 10.6 Å². The number of ether oxygens (including phenoxy) is 2. The van der Waals surface area contributed by atoms with Gasteiger partial charge in [-0.2, -0.15) is 0 Å². The highest BCUT2D eigenvalue weighted by molar-refractivity contribution is 6.07. The zero-order valence-electron chi connectivity index (χ0n) is 34.5. The van der Waals surface area contributed by atoms with Crippen LogP contribution in [0.25, 0.3) is 0 Å². The van der Waals surface area contributed by atoms with E-state index in [1.54, 1.807) is 45.9 Å². The number of alkyl carbamates (subject to hydrolysis) is 1. The smallest absolute Gasteiger partial charge is 0.408 e. The molecule has 2 N–H and O–H groups in total. The Balaban J connectivity index is 1.43. The molecule has 0 radical (unpaired) electrons. The average molecular weight is 790 g/mol. The lowest BCUT2D eigenvalue weighted by Gasteiger charge is -2.38. The molecular formula is C43H59N5O9. The van der Waals surface area contributed by atoms with Crippen LogP contribution in [0.1, 0.15) is 95.6 Å². The lowest BCUT2D eigenvalue weighted by Crippen LogP contribution is -2.60. The van der Waals surface area contributed by atoms with Crippen molar-refractivity contribution in [1.29, 1.82) is 0 Å². The monoisotopic (exact) mass is 789 g/mol. The van der Waals surface area contributed by atoms with Gasteiger partial charge in [0.15, 0.2) is 6.10 Å². The van der Waals surface area contributed by atoms with Gasteiger partial charge in [-0.05, 0) is 67.1 Å². The first-order chi connectivity index (χ1) is 27.1. The van der Waals surface area contributed by atoms with Gasteiger partial charge in [0.1, 0.15) is 30.8 Å². The molecule has 2 fully saturated rings. The van der Waals surface area contributed by atoms with Crippen molar-refractivity contribution in [1.82, 2.24) is 25.3 Å². The van der Waals surface area contributed by atoms with E-state index in [1.807, 2.05) is 57.2 Å². The second-order valence-corrected chi connectivity index (χ2v) is 15.9. The summed E-state index contributed by atoms with van der Waals surface area (Å²) in [6.07, 6.45) is 0.278. The molecule has 0 aromatic heterocycles. The topological polar surface area (TPSA) is 172 Å². The minimum Gasteiger partial charge on any atom is -0.450 e. The van der Waals surface area contributed by atoms with Gasteiger partial charge in [0, 0.05) is 25.7 Å². The van der Waals surface area contributed by atoms with Gasteiger partial charge < -0.3 is 29.5 Å². The van der Waals surface area contributed by atoms with Gasteiger partial charge in [-0.3, -0.25) is 29.3 Å². The van der Waals surface area contributed by atoms with Gasteiger partial charge in [-0.15, -0.1) is 0 Å². The summed E-state index contributed by atoms with van der Waals surface area (Å²) in [5.41, 5.74) is 1.92. The molecular weight excluding hydrogens is 730 g/mol. The number of hydrogen-bond acceptors (Lipinski definition) is 9. The molecule has 0 aliphatic carbocycles. The van der Waals surface area contributed by atoms with Crippen molar-refractivity contribution in [2.45, 2.75) is 117 Å². The summed E-state index contributed by atoms with van der Waals surface area (Å²) < 4.78 is 11.1. The maximum Gasteiger partial charge on any atom is 0.408 e. The molecule has 310 valence electrons. The fraction of sp³-hybridized carbons (Fsp3) is 0.558. The molecule has 14 heteroatoms. The molecule has 0 bridgehead atoms. The quantitative estimate of drug-likeness (QED) is 0.247. The number of hydrogen-bond donors (Lipinski definition) is 2. The van der Waals surface area contributed by atoms with E-state index in [0.717, 1.165) is 11.1 Å². The third kappa shape index (κ3) is 11.0. The highest BCUT2D eigenvalue weighted by Gasteiger charge is 2.46. The Kier molecular flexibility index (Phi) is 15.8. The standard InChI is InChI=1S/C43H59N5O9/c1-9-30-19-13-14-20-31(30)37(49)45-38(50)36(28(6)7)57-42(54)33-22-16-24-48(33)39(51)32-21-15-23-47(32)41(53)35(27(4)5)46(8)40(52)34(26(2)3)44-43(55)56-25-29-17-11-10-12-18-29/h10-14,17-20,26-28,32-36H,9,15-16,21-25H2,1-8H3,(H,44,55)(H,45,49,50)/t32-,33-,34-,35-,36-/m0/s1. The molecule has 2 aliphatic heterocycles. The SMILES string of the molecule is CCc1ccccc1C(=O)NC(=O)[C@@H](OC(=O)[C@@H]1CCCN1C(=O)[C@@H]1CCCN1C(=O)[C@H](C(C)C)N(C)C(=O)[C@@H](NC(=O)OCc1ccccc1)C(C)C)C(C)C. The number of benzene rings is 2. The number of likely N-dealkylation sites (N-methyl/N-ethyl adjacent to an activating group) is 1. The summed E-state index contributed by atoms with van der Waals surface area (Å²) in [7, 11) is 1.52. The average Bonchev–Trinajstić information content (AvgIpc) is 3.89. The van der Waals surface area contributed by atoms with Crippen molar-refractivity contribution in [3.8, 4) is 0 Å². The van der Waals surface area contributed by atoms with Gasteiger partial charge in [-0.25, -0.2) is 9.59 Å². The number of amides is 6. The van der Waals surface area contributed by atoms with E-state index < -0.39 is 77.8 Å². The molecule has 2 saturated heterocycles. The molecule has 2 aromatic rings. The first-order valence-corrected chi connectivity index (χ1v) is 20.1. The lowest BCUT2D eigenvalue weighted by molar-refractivity contribution is -0.165.